The number of aromatic hydroxyl groups is 1. The maximum Gasteiger partial charge on any atom is 0.163 e. The van der Waals surface area contributed by atoms with Gasteiger partial charge in [0.15, 0.2) is 11.6 Å². The SMILES string of the molecule is Cl.Cl.O=C(/C=C/c1ccc(O)cc1)CC(=O)/C=C/c1ccc(N2CCNCC2)cc1Br. The van der Waals surface area contributed by atoms with E-state index < -0.39 is 0 Å². The fraction of sp³-hybridized carbons (Fsp3) is 0.217. The summed E-state index contributed by atoms with van der Waals surface area (Å²) in [5, 5.41) is 12.6. The number of piperazine rings is 1. The Labute approximate surface area is 203 Å². The number of phenolic OH excluding ortho intramolecular Hbond substituents is 1. The van der Waals surface area contributed by atoms with Crippen molar-refractivity contribution in [3.8, 4) is 5.75 Å². The number of halogens is 3. The van der Waals surface area contributed by atoms with Crippen LogP contribution in [0.4, 0.5) is 5.69 Å². The lowest BCUT2D eigenvalue weighted by Crippen LogP contribution is -2.43. The standard InChI is InChI=1S/C23H23BrN2O3.2ClH/c24-23-15-19(26-13-11-25-12-14-26)6-4-18(23)5-10-22(29)16-21(28)9-3-17-1-7-20(27)8-2-17;;/h1-10,15,25,27H,11-14,16H2;2*1H/b9-3+,10-5+;;. The van der Waals surface area contributed by atoms with Gasteiger partial charge in [-0.05, 0) is 47.5 Å². The second kappa shape index (κ2) is 13.3. The molecule has 1 aliphatic heterocycles. The highest BCUT2D eigenvalue weighted by molar-refractivity contribution is 9.10. The van der Waals surface area contributed by atoms with E-state index in [4.69, 9.17) is 0 Å². The second-order valence-corrected chi connectivity index (χ2v) is 7.66. The molecule has 0 aromatic heterocycles. The minimum absolute atomic E-state index is 0. The first-order chi connectivity index (χ1) is 14.0. The summed E-state index contributed by atoms with van der Waals surface area (Å²) in [6, 6.07) is 12.6. The molecule has 2 aromatic rings. The average molecular weight is 528 g/mol. The largest absolute Gasteiger partial charge is 0.508 e. The zero-order valence-corrected chi connectivity index (χ0v) is 20.0. The Hall–Kier alpha value is -2.12. The van der Waals surface area contributed by atoms with E-state index in [1.54, 1.807) is 36.4 Å². The van der Waals surface area contributed by atoms with Gasteiger partial charge in [0.05, 0.1) is 6.42 Å². The third kappa shape index (κ3) is 8.50. The number of carbonyl (C=O) groups excluding carboxylic acids is 2. The number of nitrogens with one attached hydrogen (secondary N) is 1. The van der Waals surface area contributed by atoms with Crippen molar-refractivity contribution < 1.29 is 14.7 Å². The molecule has 3 rings (SSSR count). The van der Waals surface area contributed by atoms with Crippen LogP contribution in [0.2, 0.25) is 0 Å². The average Bonchev–Trinajstić information content (AvgIpc) is 2.73. The van der Waals surface area contributed by atoms with Gasteiger partial charge >= 0.3 is 0 Å². The Balaban J connectivity index is 0.00000240. The summed E-state index contributed by atoms with van der Waals surface area (Å²) < 4.78 is 0.913. The molecule has 8 heteroatoms. The van der Waals surface area contributed by atoms with Crippen molar-refractivity contribution in [1.29, 1.82) is 0 Å². The van der Waals surface area contributed by atoms with E-state index in [9.17, 15) is 14.7 Å². The van der Waals surface area contributed by atoms with Crippen LogP contribution < -0.4 is 10.2 Å². The Kier molecular flexibility index (Phi) is 11.6. The molecule has 5 nitrogen and oxygen atoms in total. The lowest BCUT2D eigenvalue weighted by Gasteiger charge is -2.29. The lowest BCUT2D eigenvalue weighted by atomic mass is 10.1. The normalized spacial score (nSPS) is 13.6. The summed E-state index contributed by atoms with van der Waals surface area (Å²) in [5.41, 5.74) is 2.83. The number of nitrogens with zero attached hydrogens (tertiary/aromatic N) is 1. The summed E-state index contributed by atoms with van der Waals surface area (Å²) in [5.74, 6) is -0.342. The summed E-state index contributed by atoms with van der Waals surface area (Å²) in [7, 11) is 0. The fourth-order valence-corrected chi connectivity index (χ4v) is 3.52. The van der Waals surface area contributed by atoms with Crippen LogP contribution in [0.5, 0.6) is 5.75 Å². The molecule has 166 valence electrons. The number of allylic oxidation sites excluding steroid dienone is 2. The molecule has 1 saturated heterocycles. The first-order valence-electron chi connectivity index (χ1n) is 9.47. The zero-order valence-electron chi connectivity index (χ0n) is 16.8. The zero-order chi connectivity index (χ0) is 20.6. The molecule has 0 atom stereocenters. The number of hydrogen-bond acceptors (Lipinski definition) is 5. The monoisotopic (exact) mass is 526 g/mol. The molecular weight excluding hydrogens is 503 g/mol. The maximum absolute atomic E-state index is 12.1. The molecule has 1 heterocycles. The molecule has 0 unspecified atom stereocenters. The van der Waals surface area contributed by atoms with Gasteiger partial charge in [-0.3, -0.25) is 9.59 Å². The number of phenols is 1. The molecule has 0 spiro atoms. The van der Waals surface area contributed by atoms with E-state index >= 15 is 0 Å². The Morgan fingerprint density at radius 1 is 0.968 bits per heavy atom. The van der Waals surface area contributed by atoms with Gasteiger partial charge < -0.3 is 15.3 Å². The summed E-state index contributed by atoms with van der Waals surface area (Å²) in [6.07, 6.45) is 6.00. The predicted molar refractivity (Wildman–Crippen MR) is 135 cm³/mol. The van der Waals surface area contributed by atoms with Gasteiger partial charge in [0.2, 0.25) is 0 Å². The summed E-state index contributed by atoms with van der Waals surface area (Å²) in [4.78, 5) is 26.4. The van der Waals surface area contributed by atoms with Gasteiger partial charge in [0.1, 0.15) is 5.75 Å². The summed E-state index contributed by atoms with van der Waals surface area (Å²) in [6.45, 7) is 3.89. The smallest absolute Gasteiger partial charge is 0.163 e. The molecule has 0 amide bonds. The van der Waals surface area contributed by atoms with Crippen molar-refractivity contribution >= 4 is 70.1 Å². The first-order valence-corrected chi connectivity index (χ1v) is 10.3. The van der Waals surface area contributed by atoms with E-state index in [0.717, 1.165) is 47.5 Å². The molecule has 0 aliphatic carbocycles. The van der Waals surface area contributed by atoms with Crippen LogP contribution in [-0.2, 0) is 9.59 Å². The first kappa shape index (κ1) is 26.9. The lowest BCUT2D eigenvalue weighted by molar-refractivity contribution is -0.121. The van der Waals surface area contributed by atoms with Gasteiger partial charge in [-0.1, -0.05) is 46.3 Å². The van der Waals surface area contributed by atoms with Gasteiger partial charge in [-0.25, -0.2) is 0 Å². The molecule has 0 bridgehead atoms. The molecule has 1 aliphatic rings. The third-order valence-electron chi connectivity index (χ3n) is 4.62. The van der Waals surface area contributed by atoms with Crippen LogP contribution in [0.3, 0.4) is 0 Å². The van der Waals surface area contributed by atoms with E-state index in [2.05, 4.69) is 32.2 Å². The minimum Gasteiger partial charge on any atom is -0.508 e. The molecule has 0 radical (unpaired) electrons. The highest BCUT2D eigenvalue weighted by Crippen LogP contribution is 2.25. The number of carbonyl (C=O) groups is 2. The predicted octanol–water partition coefficient (Wildman–Crippen LogP) is 4.66. The Morgan fingerprint density at radius 2 is 1.58 bits per heavy atom. The highest BCUT2D eigenvalue weighted by atomic mass is 79.9. The number of anilines is 1. The molecule has 2 aromatic carbocycles. The van der Waals surface area contributed by atoms with Crippen molar-refractivity contribution in [2.75, 3.05) is 31.1 Å². The van der Waals surface area contributed by atoms with Gasteiger partial charge in [0.25, 0.3) is 0 Å². The molecule has 2 N–H and O–H groups in total. The molecule has 31 heavy (non-hydrogen) atoms. The van der Waals surface area contributed by atoms with Crippen molar-refractivity contribution in [2.24, 2.45) is 0 Å². The van der Waals surface area contributed by atoms with Crippen LogP contribution in [0.25, 0.3) is 12.2 Å². The van der Waals surface area contributed by atoms with Gasteiger partial charge in [0, 0.05) is 36.3 Å². The third-order valence-corrected chi connectivity index (χ3v) is 5.30. The van der Waals surface area contributed by atoms with E-state index in [0.29, 0.717) is 0 Å². The quantitative estimate of drug-likeness (QED) is 0.404. The van der Waals surface area contributed by atoms with Crippen LogP contribution in [0.1, 0.15) is 17.5 Å². The minimum atomic E-state index is -0.263. The van der Waals surface area contributed by atoms with Crippen molar-refractivity contribution in [2.45, 2.75) is 6.42 Å². The van der Waals surface area contributed by atoms with Crippen molar-refractivity contribution in [3.63, 3.8) is 0 Å². The van der Waals surface area contributed by atoms with Crippen LogP contribution >= 0.6 is 40.7 Å². The Morgan fingerprint density at radius 3 is 2.19 bits per heavy atom. The highest BCUT2D eigenvalue weighted by Gasteiger charge is 2.11. The number of benzene rings is 2. The van der Waals surface area contributed by atoms with Crippen LogP contribution in [0, 0.1) is 0 Å². The van der Waals surface area contributed by atoms with Crippen molar-refractivity contribution in [3.05, 3.63) is 70.2 Å². The molecule has 0 saturated carbocycles. The number of rotatable bonds is 7. The molecular formula is C23H25BrCl2N2O3. The van der Waals surface area contributed by atoms with Gasteiger partial charge in [-0.2, -0.15) is 0 Å². The van der Waals surface area contributed by atoms with E-state index in [-0.39, 0.29) is 48.6 Å². The van der Waals surface area contributed by atoms with Crippen molar-refractivity contribution in [1.82, 2.24) is 5.32 Å². The van der Waals surface area contributed by atoms with Crippen LogP contribution in [0.15, 0.2) is 59.1 Å². The number of ketones is 2. The van der Waals surface area contributed by atoms with E-state index in [1.165, 1.54) is 12.2 Å². The topological polar surface area (TPSA) is 69.6 Å². The maximum atomic E-state index is 12.1. The summed E-state index contributed by atoms with van der Waals surface area (Å²) >= 11 is 3.57. The van der Waals surface area contributed by atoms with E-state index in [1.807, 2.05) is 12.1 Å². The van der Waals surface area contributed by atoms with Crippen LogP contribution in [-0.4, -0.2) is 42.9 Å². The Bertz CT molecular complexity index is 940. The number of hydrogen-bond donors (Lipinski definition) is 2. The second-order valence-electron chi connectivity index (χ2n) is 6.81. The fourth-order valence-electron chi connectivity index (χ4n) is 3.02. The molecule has 1 fully saturated rings. The van der Waals surface area contributed by atoms with Gasteiger partial charge in [-0.15, -0.1) is 24.8 Å².